The van der Waals surface area contributed by atoms with Crippen LogP contribution in [-0.2, 0) is 16.1 Å². The number of likely N-dealkylation sites (tertiary alicyclic amines) is 1. The SMILES string of the molecule is CC(C)(C)OC(=O)NCCNC(=O)C1CCCN(Cc2ccc(Br)s2)C1. The lowest BCUT2D eigenvalue weighted by Gasteiger charge is -2.31. The van der Waals surface area contributed by atoms with Crippen molar-refractivity contribution in [2.24, 2.45) is 5.92 Å². The summed E-state index contributed by atoms with van der Waals surface area (Å²) in [5.41, 5.74) is -0.517. The van der Waals surface area contributed by atoms with E-state index in [1.54, 1.807) is 11.3 Å². The molecule has 1 fully saturated rings. The monoisotopic (exact) mass is 445 g/mol. The van der Waals surface area contributed by atoms with E-state index in [9.17, 15) is 9.59 Å². The quantitative estimate of drug-likeness (QED) is 0.658. The molecule has 26 heavy (non-hydrogen) atoms. The largest absolute Gasteiger partial charge is 0.444 e. The van der Waals surface area contributed by atoms with Gasteiger partial charge in [-0.2, -0.15) is 0 Å². The van der Waals surface area contributed by atoms with Crippen LogP contribution in [0.2, 0.25) is 0 Å². The molecule has 1 aromatic rings. The number of rotatable bonds is 6. The van der Waals surface area contributed by atoms with Crippen LogP contribution in [0.15, 0.2) is 15.9 Å². The average molecular weight is 446 g/mol. The number of hydrogen-bond acceptors (Lipinski definition) is 5. The van der Waals surface area contributed by atoms with Crippen LogP contribution in [0.4, 0.5) is 4.79 Å². The van der Waals surface area contributed by atoms with Crippen molar-refractivity contribution in [2.75, 3.05) is 26.2 Å². The second-order valence-corrected chi connectivity index (χ2v) is 10.0. The molecule has 1 aliphatic heterocycles. The zero-order chi connectivity index (χ0) is 19.2. The van der Waals surface area contributed by atoms with Crippen LogP contribution >= 0.6 is 27.3 Å². The van der Waals surface area contributed by atoms with E-state index < -0.39 is 11.7 Å². The van der Waals surface area contributed by atoms with E-state index >= 15 is 0 Å². The van der Waals surface area contributed by atoms with Crippen molar-refractivity contribution in [3.8, 4) is 0 Å². The van der Waals surface area contributed by atoms with Crippen molar-refractivity contribution >= 4 is 39.3 Å². The van der Waals surface area contributed by atoms with Gasteiger partial charge in [0.05, 0.1) is 9.70 Å². The Balaban J connectivity index is 1.67. The number of nitrogens with one attached hydrogen (secondary N) is 2. The second-order valence-electron chi connectivity index (χ2n) is 7.50. The molecule has 0 spiro atoms. The summed E-state index contributed by atoms with van der Waals surface area (Å²) in [6, 6.07) is 4.19. The molecular weight excluding hydrogens is 418 g/mol. The number of amides is 2. The highest BCUT2D eigenvalue weighted by atomic mass is 79.9. The third kappa shape index (κ3) is 7.63. The molecule has 1 unspecified atom stereocenters. The van der Waals surface area contributed by atoms with Crippen LogP contribution < -0.4 is 10.6 Å². The fourth-order valence-electron chi connectivity index (χ4n) is 2.88. The van der Waals surface area contributed by atoms with Crippen molar-refractivity contribution in [2.45, 2.75) is 45.8 Å². The van der Waals surface area contributed by atoms with Gasteiger partial charge in [-0.3, -0.25) is 9.69 Å². The third-order valence-corrected chi connectivity index (χ3v) is 5.59. The highest BCUT2D eigenvalue weighted by Crippen LogP contribution is 2.25. The molecule has 1 aromatic heterocycles. The normalized spacial score (nSPS) is 18.4. The maximum absolute atomic E-state index is 12.4. The van der Waals surface area contributed by atoms with Crippen molar-refractivity contribution in [3.63, 3.8) is 0 Å². The van der Waals surface area contributed by atoms with Crippen LogP contribution in [-0.4, -0.2) is 48.7 Å². The Morgan fingerprint density at radius 3 is 2.69 bits per heavy atom. The van der Waals surface area contributed by atoms with Gasteiger partial charge in [0.2, 0.25) is 5.91 Å². The maximum atomic E-state index is 12.4. The van der Waals surface area contributed by atoms with E-state index in [-0.39, 0.29) is 11.8 Å². The van der Waals surface area contributed by atoms with E-state index in [0.717, 1.165) is 36.3 Å². The Morgan fingerprint density at radius 1 is 1.31 bits per heavy atom. The van der Waals surface area contributed by atoms with E-state index in [1.165, 1.54) is 4.88 Å². The summed E-state index contributed by atoms with van der Waals surface area (Å²) in [5.74, 6) is 0.0710. The molecule has 2 amide bonds. The Bertz CT molecular complexity index is 615. The van der Waals surface area contributed by atoms with Crippen molar-refractivity contribution in [3.05, 3.63) is 20.8 Å². The minimum Gasteiger partial charge on any atom is -0.444 e. The minimum atomic E-state index is -0.517. The van der Waals surface area contributed by atoms with Crippen LogP contribution in [0.5, 0.6) is 0 Å². The summed E-state index contributed by atoms with van der Waals surface area (Å²) in [4.78, 5) is 27.6. The summed E-state index contributed by atoms with van der Waals surface area (Å²) in [5, 5.41) is 5.57. The van der Waals surface area contributed by atoms with Gasteiger partial charge in [0.15, 0.2) is 0 Å². The zero-order valence-corrected chi connectivity index (χ0v) is 18.0. The number of alkyl carbamates (subject to hydrolysis) is 1. The molecule has 8 heteroatoms. The number of piperidine rings is 1. The molecule has 0 bridgehead atoms. The molecule has 0 aromatic carbocycles. The van der Waals surface area contributed by atoms with Crippen LogP contribution in [0.3, 0.4) is 0 Å². The van der Waals surface area contributed by atoms with E-state index in [1.807, 2.05) is 20.8 Å². The van der Waals surface area contributed by atoms with Crippen molar-refractivity contribution in [1.82, 2.24) is 15.5 Å². The van der Waals surface area contributed by atoms with Gasteiger partial charge in [0.25, 0.3) is 0 Å². The highest BCUT2D eigenvalue weighted by molar-refractivity contribution is 9.11. The predicted octanol–water partition coefficient (Wildman–Crippen LogP) is 3.36. The van der Waals surface area contributed by atoms with Crippen LogP contribution in [0, 0.1) is 5.92 Å². The molecule has 2 N–H and O–H groups in total. The van der Waals surface area contributed by atoms with Gasteiger partial charge in [-0.15, -0.1) is 11.3 Å². The van der Waals surface area contributed by atoms with E-state index in [4.69, 9.17) is 4.74 Å². The lowest BCUT2D eigenvalue weighted by atomic mass is 9.97. The number of ether oxygens (including phenoxy) is 1. The topological polar surface area (TPSA) is 70.7 Å². The van der Waals surface area contributed by atoms with E-state index in [0.29, 0.717) is 13.1 Å². The zero-order valence-electron chi connectivity index (χ0n) is 15.6. The molecule has 1 atom stereocenters. The van der Waals surface area contributed by atoms with Gasteiger partial charge in [-0.05, 0) is 68.2 Å². The van der Waals surface area contributed by atoms with Crippen LogP contribution in [0.1, 0.15) is 38.5 Å². The molecule has 1 aliphatic rings. The Labute approximate surface area is 167 Å². The molecular formula is C18H28BrN3O3S. The van der Waals surface area contributed by atoms with Gasteiger partial charge in [-0.25, -0.2) is 4.79 Å². The average Bonchev–Trinajstić information content (AvgIpc) is 2.95. The number of thiophene rings is 1. The fourth-order valence-corrected chi connectivity index (χ4v) is 4.40. The van der Waals surface area contributed by atoms with Gasteiger partial charge in [0, 0.05) is 31.1 Å². The first-order valence-electron chi connectivity index (χ1n) is 8.94. The Kier molecular flexibility index (Phi) is 7.91. The van der Waals surface area contributed by atoms with Gasteiger partial charge >= 0.3 is 6.09 Å². The lowest BCUT2D eigenvalue weighted by Crippen LogP contribution is -2.44. The molecule has 6 nitrogen and oxygen atoms in total. The summed E-state index contributed by atoms with van der Waals surface area (Å²) in [7, 11) is 0. The molecule has 146 valence electrons. The fraction of sp³-hybridized carbons (Fsp3) is 0.667. The predicted molar refractivity (Wildman–Crippen MR) is 107 cm³/mol. The molecule has 1 saturated heterocycles. The minimum absolute atomic E-state index is 0.00804. The molecule has 2 rings (SSSR count). The lowest BCUT2D eigenvalue weighted by molar-refractivity contribution is -0.126. The molecule has 0 aliphatic carbocycles. The van der Waals surface area contributed by atoms with Crippen LogP contribution in [0.25, 0.3) is 0 Å². The van der Waals surface area contributed by atoms with Gasteiger partial charge in [-0.1, -0.05) is 0 Å². The number of nitrogens with zero attached hydrogens (tertiary/aromatic N) is 1. The first kappa shape index (κ1) is 21.2. The second kappa shape index (κ2) is 9.71. The maximum Gasteiger partial charge on any atom is 0.407 e. The van der Waals surface area contributed by atoms with E-state index in [2.05, 4.69) is 43.6 Å². The standard InChI is InChI=1S/C18H28BrN3O3S/c1-18(2,3)25-17(24)21-9-8-20-16(23)13-5-4-10-22(11-13)12-14-6-7-15(19)26-14/h6-7,13H,4-5,8-12H2,1-3H3,(H,20,23)(H,21,24). The Morgan fingerprint density at radius 2 is 2.04 bits per heavy atom. The third-order valence-electron chi connectivity index (χ3n) is 3.98. The Hall–Kier alpha value is -1.12. The van der Waals surface area contributed by atoms with Crippen molar-refractivity contribution in [1.29, 1.82) is 0 Å². The number of carbonyl (C=O) groups excluding carboxylic acids is 2. The summed E-state index contributed by atoms with van der Waals surface area (Å²) < 4.78 is 6.30. The first-order chi connectivity index (χ1) is 12.2. The molecule has 2 heterocycles. The first-order valence-corrected chi connectivity index (χ1v) is 10.5. The molecule has 0 radical (unpaired) electrons. The van der Waals surface area contributed by atoms with Gasteiger partial charge in [0.1, 0.15) is 5.60 Å². The number of halogens is 1. The number of carbonyl (C=O) groups is 2. The summed E-state index contributed by atoms with van der Waals surface area (Å²) in [6.45, 7) is 8.92. The highest BCUT2D eigenvalue weighted by Gasteiger charge is 2.25. The number of hydrogen-bond donors (Lipinski definition) is 2. The van der Waals surface area contributed by atoms with Gasteiger partial charge < -0.3 is 15.4 Å². The molecule has 0 saturated carbocycles. The van der Waals surface area contributed by atoms with Crippen molar-refractivity contribution < 1.29 is 14.3 Å². The summed E-state index contributed by atoms with van der Waals surface area (Å²) >= 11 is 5.23. The smallest absolute Gasteiger partial charge is 0.407 e. The summed E-state index contributed by atoms with van der Waals surface area (Å²) in [6.07, 6.45) is 1.48.